The molecule has 2 aromatic rings. The first-order valence-corrected chi connectivity index (χ1v) is 9.12. The third kappa shape index (κ3) is 6.13. The van der Waals surface area contributed by atoms with Gasteiger partial charge in [-0.15, -0.1) is 0 Å². The fraction of sp³-hybridized carbons (Fsp3) is 0.364. The van der Waals surface area contributed by atoms with Crippen molar-refractivity contribution >= 4 is 17.6 Å². The molecule has 0 bridgehead atoms. The van der Waals surface area contributed by atoms with Crippen LogP contribution in [0.3, 0.4) is 0 Å². The first-order chi connectivity index (χ1) is 12.9. The fourth-order valence-electron chi connectivity index (χ4n) is 2.84. The average Bonchev–Trinajstić information content (AvgIpc) is 2.65. The molecule has 2 rings (SSSR count). The minimum atomic E-state index is -0.401. The van der Waals surface area contributed by atoms with Crippen LogP contribution in [0.5, 0.6) is 5.75 Å². The molecule has 0 fully saturated rings. The molecule has 0 aliphatic carbocycles. The second-order valence-electron chi connectivity index (χ2n) is 6.74. The predicted molar refractivity (Wildman–Crippen MR) is 106 cm³/mol. The number of rotatable bonds is 8. The van der Waals surface area contributed by atoms with Gasteiger partial charge in [0.2, 0.25) is 5.91 Å². The summed E-state index contributed by atoms with van der Waals surface area (Å²) in [5, 5.41) is 2.81. The fourth-order valence-corrected chi connectivity index (χ4v) is 2.84. The molecule has 0 aliphatic heterocycles. The van der Waals surface area contributed by atoms with E-state index in [1.54, 1.807) is 24.3 Å². The van der Waals surface area contributed by atoms with E-state index in [2.05, 4.69) is 36.9 Å². The normalized spacial score (nSPS) is 10.6. The molecule has 0 aliphatic rings. The molecule has 0 heterocycles. The Kier molecular flexibility index (Phi) is 7.41. The highest BCUT2D eigenvalue weighted by Crippen LogP contribution is 2.23. The van der Waals surface area contributed by atoms with E-state index in [1.807, 2.05) is 12.1 Å². The Morgan fingerprint density at radius 3 is 2.37 bits per heavy atom. The van der Waals surface area contributed by atoms with Gasteiger partial charge in [-0.2, -0.15) is 0 Å². The van der Waals surface area contributed by atoms with Gasteiger partial charge < -0.3 is 14.8 Å². The maximum Gasteiger partial charge on any atom is 0.337 e. The molecule has 0 saturated heterocycles. The molecule has 2 aromatic carbocycles. The van der Waals surface area contributed by atoms with Crippen LogP contribution < -0.4 is 10.1 Å². The third-order valence-electron chi connectivity index (χ3n) is 4.27. The first kappa shape index (κ1) is 20.5. The lowest BCUT2D eigenvalue weighted by atomic mass is 9.98. The van der Waals surface area contributed by atoms with Gasteiger partial charge >= 0.3 is 5.97 Å². The molecule has 5 nitrogen and oxygen atoms in total. The Morgan fingerprint density at radius 2 is 1.78 bits per heavy atom. The molecule has 144 valence electrons. The van der Waals surface area contributed by atoms with Gasteiger partial charge in [-0.1, -0.05) is 19.9 Å². The molecule has 0 saturated carbocycles. The Labute approximate surface area is 160 Å². The number of hydrogen-bond donors (Lipinski definition) is 1. The van der Waals surface area contributed by atoms with Crippen molar-refractivity contribution in [3.8, 4) is 5.75 Å². The maximum atomic E-state index is 12.0. The van der Waals surface area contributed by atoms with Crippen LogP contribution in [0.25, 0.3) is 0 Å². The number of hydrogen-bond acceptors (Lipinski definition) is 4. The molecule has 0 aromatic heterocycles. The third-order valence-corrected chi connectivity index (χ3v) is 4.27. The van der Waals surface area contributed by atoms with Crippen LogP contribution in [0, 0.1) is 6.92 Å². The quantitative estimate of drug-likeness (QED) is 0.541. The zero-order chi connectivity index (χ0) is 19.8. The summed E-state index contributed by atoms with van der Waals surface area (Å²) in [6, 6.07) is 12.7. The largest absolute Gasteiger partial charge is 0.494 e. The van der Waals surface area contributed by atoms with Gasteiger partial charge in [0.15, 0.2) is 0 Å². The van der Waals surface area contributed by atoms with E-state index in [-0.39, 0.29) is 5.91 Å². The summed E-state index contributed by atoms with van der Waals surface area (Å²) in [6.45, 7) is 6.91. The zero-order valence-corrected chi connectivity index (χ0v) is 16.4. The summed E-state index contributed by atoms with van der Waals surface area (Å²) in [4.78, 5) is 23.4. The van der Waals surface area contributed by atoms with Crippen molar-refractivity contribution in [2.45, 2.75) is 39.5 Å². The van der Waals surface area contributed by atoms with Gasteiger partial charge in [-0.3, -0.25) is 4.79 Å². The number of esters is 1. The number of benzene rings is 2. The minimum Gasteiger partial charge on any atom is -0.494 e. The summed E-state index contributed by atoms with van der Waals surface area (Å²) < 4.78 is 10.4. The van der Waals surface area contributed by atoms with Crippen molar-refractivity contribution in [3.63, 3.8) is 0 Å². The number of carbonyl (C=O) groups is 2. The minimum absolute atomic E-state index is 0.0873. The number of amides is 1. The van der Waals surface area contributed by atoms with Crippen LogP contribution in [0.15, 0.2) is 42.5 Å². The lowest BCUT2D eigenvalue weighted by molar-refractivity contribution is -0.116. The van der Waals surface area contributed by atoms with E-state index >= 15 is 0 Å². The van der Waals surface area contributed by atoms with Crippen LogP contribution in [0.1, 0.15) is 54.1 Å². The molecular weight excluding hydrogens is 342 g/mol. The SMILES string of the molecule is COC(=O)c1ccc(NC(=O)CCCOc2ccc(C(C)C)c(C)c2)cc1. The molecule has 5 heteroatoms. The first-order valence-electron chi connectivity index (χ1n) is 9.12. The molecular formula is C22H27NO4. The Morgan fingerprint density at radius 1 is 1.07 bits per heavy atom. The molecule has 0 spiro atoms. The summed E-state index contributed by atoms with van der Waals surface area (Å²) in [5.41, 5.74) is 3.63. The Balaban J connectivity index is 1.74. The number of ether oxygens (including phenoxy) is 2. The average molecular weight is 369 g/mol. The van der Waals surface area contributed by atoms with Crippen molar-refractivity contribution in [1.29, 1.82) is 0 Å². The van der Waals surface area contributed by atoms with Gasteiger partial charge in [0.25, 0.3) is 0 Å². The topological polar surface area (TPSA) is 64.6 Å². The number of aryl methyl sites for hydroxylation is 1. The molecule has 0 atom stereocenters. The van der Waals surface area contributed by atoms with Crippen molar-refractivity contribution < 1.29 is 19.1 Å². The Bertz CT molecular complexity index is 781. The van der Waals surface area contributed by atoms with E-state index < -0.39 is 5.97 Å². The van der Waals surface area contributed by atoms with Gasteiger partial charge in [0.1, 0.15) is 5.75 Å². The summed E-state index contributed by atoms with van der Waals surface area (Å²) >= 11 is 0. The molecule has 1 N–H and O–H groups in total. The van der Waals surface area contributed by atoms with Gasteiger partial charge in [0.05, 0.1) is 19.3 Å². The van der Waals surface area contributed by atoms with E-state index in [4.69, 9.17) is 4.74 Å². The second kappa shape index (κ2) is 9.76. The number of anilines is 1. The molecule has 27 heavy (non-hydrogen) atoms. The zero-order valence-electron chi connectivity index (χ0n) is 16.4. The Hall–Kier alpha value is -2.82. The highest BCUT2D eigenvalue weighted by Gasteiger charge is 2.07. The number of methoxy groups -OCH3 is 1. The molecule has 0 radical (unpaired) electrons. The van der Waals surface area contributed by atoms with Crippen LogP contribution in [-0.2, 0) is 9.53 Å². The number of carbonyl (C=O) groups excluding carboxylic acids is 2. The van der Waals surface area contributed by atoms with Gasteiger partial charge in [-0.05, 0) is 66.8 Å². The monoisotopic (exact) mass is 369 g/mol. The maximum absolute atomic E-state index is 12.0. The van der Waals surface area contributed by atoms with Crippen molar-refractivity contribution in [2.75, 3.05) is 19.0 Å². The van der Waals surface area contributed by atoms with E-state index in [9.17, 15) is 9.59 Å². The lowest BCUT2D eigenvalue weighted by Gasteiger charge is -2.12. The molecule has 0 unspecified atom stereocenters. The van der Waals surface area contributed by atoms with E-state index in [0.29, 0.717) is 36.6 Å². The van der Waals surface area contributed by atoms with Crippen LogP contribution >= 0.6 is 0 Å². The van der Waals surface area contributed by atoms with E-state index in [0.717, 1.165) is 5.75 Å². The van der Waals surface area contributed by atoms with Crippen LogP contribution in [0.4, 0.5) is 5.69 Å². The second-order valence-corrected chi connectivity index (χ2v) is 6.74. The smallest absolute Gasteiger partial charge is 0.337 e. The molecule has 1 amide bonds. The van der Waals surface area contributed by atoms with Gasteiger partial charge in [0, 0.05) is 12.1 Å². The van der Waals surface area contributed by atoms with Crippen molar-refractivity contribution in [3.05, 3.63) is 59.2 Å². The summed E-state index contributed by atoms with van der Waals surface area (Å²) in [5.74, 6) is 0.831. The number of nitrogens with one attached hydrogen (secondary N) is 1. The summed E-state index contributed by atoms with van der Waals surface area (Å²) in [7, 11) is 1.33. The van der Waals surface area contributed by atoms with Crippen LogP contribution in [-0.4, -0.2) is 25.6 Å². The van der Waals surface area contributed by atoms with Crippen molar-refractivity contribution in [2.24, 2.45) is 0 Å². The van der Waals surface area contributed by atoms with Crippen LogP contribution in [0.2, 0.25) is 0 Å². The lowest BCUT2D eigenvalue weighted by Crippen LogP contribution is -2.13. The van der Waals surface area contributed by atoms with E-state index in [1.165, 1.54) is 18.2 Å². The highest BCUT2D eigenvalue weighted by atomic mass is 16.5. The standard InChI is InChI=1S/C22H27NO4/c1-15(2)20-12-11-19(14-16(20)3)27-13-5-6-21(24)23-18-9-7-17(8-10-18)22(25)26-4/h7-12,14-15H,5-6,13H2,1-4H3,(H,23,24). The van der Waals surface area contributed by atoms with Crippen molar-refractivity contribution in [1.82, 2.24) is 0 Å². The summed E-state index contributed by atoms with van der Waals surface area (Å²) in [6.07, 6.45) is 0.985. The van der Waals surface area contributed by atoms with Gasteiger partial charge in [-0.25, -0.2) is 4.79 Å². The highest BCUT2D eigenvalue weighted by molar-refractivity contribution is 5.93. The predicted octanol–water partition coefficient (Wildman–Crippen LogP) is 4.70.